The van der Waals surface area contributed by atoms with Crippen LogP contribution in [-0.4, -0.2) is 87.5 Å². The van der Waals surface area contributed by atoms with E-state index in [0.717, 1.165) is 77.0 Å². The van der Waals surface area contributed by atoms with E-state index >= 15 is 0 Å². The average Bonchev–Trinajstić information content (AvgIpc) is 3.04. The maximum atomic E-state index is 12.8. The van der Waals surface area contributed by atoms with Crippen molar-refractivity contribution in [1.82, 2.24) is 5.32 Å². The Kier molecular flexibility index (Phi) is 25.0. The van der Waals surface area contributed by atoms with Gasteiger partial charge in [-0.1, -0.05) is 94.6 Å². The largest absolute Gasteiger partial charge is 0.394 e. The molecule has 6 N–H and O–H groups in total. The maximum absolute atomic E-state index is 12.8. The van der Waals surface area contributed by atoms with Crippen LogP contribution in [0.3, 0.4) is 0 Å². The summed E-state index contributed by atoms with van der Waals surface area (Å²) in [5, 5.41) is 53.6. The van der Waals surface area contributed by atoms with Crippen molar-refractivity contribution < 1.29 is 39.8 Å². The minimum absolute atomic E-state index is 0.208. The third-order valence-electron chi connectivity index (χ3n) is 7.87. The van der Waals surface area contributed by atoms with Crippen LogP contribution in [0.1, 0.15) is 117 Å². The molecule has 9 heteroatoms. The van der Waals surface area contributed by atoms with Crippen LogP contribution in [-0.2, 0) is 14.3 Å². The van der Waals surface area contributed by atoms with Gasteiger partial charge in [0.25, 0.3) is 0 Å². The number of hydrogen-bond donors (Lipinski definition) is 6. The highest BCUT2D eigenvalue weighted by atomic mass is 16.7. The van der Waals surface area contributed by atoms with E-state index in [2.05, 4.69) is 55.6 Å². The van der Waals surface area contributed by atoms with E-state index in [-0.39, 0.29) is 12.5 Å². The number of hydrogen-bond acceptors (Lipinski definition) is 8. The number of amides is 1. The van der Waals surface area contributed by atoms with Gasteiger partial charge in [-0.05, 0) is 64.2 Å². The highest BCUT2D eigenvalue weighted by Gasteiger charge is 2.44. The molecule has 0 aromatic heterocycles. The third kappa shape index (κ3) is 19.4. The second-order valence-corrected chi connectivity index (χ2v) is 11.9. The van der Waals surface area contributed by atoms with Crippen molar-refractivity contribution in [2.45, 2.75) is 159 Å². The second kappa shape index (κ2) is 27.3. The van der Waals surface area contributed by atoms with Crippen LogP contribution in [0.4, 0.5) is 0 Å². The number of allylic oxidation sites excluding steroid dienone is 7. The van der Waals surface area contributed by atoms with Crippen molar-refractivity contribution in [3.63, 3.8) is 0 Å². The first-order valence-electron chi connectivity index (χ1n) is 17.4. The highest BCUT2D eigenvalue weighted by molar-refractivity contribution is 5.76. The Hall–Kier alpha value is -1.85. The van der Waals surface area contributed by atoms with Crippen LogP contribution >= 0.6 is 0 Å². The number of aliphatic hydroxyl groups is 5. The summed E-state index contributed by atoms with van der Waals surface area (Å²) in [6.45, 7) is 3.54. The molecule has 1 aliphatic rings. The van der Waals surface area contributed by atoms with Crippen molar-refractivity contribution in [2.24, 2.45) is 0 Å². The minimum atomic E-state index is -1.57. The van der Waals surface area contributed by atoms with Crippen molar-refractivity contribution in [1.29, 1.82) is 0 Å². The molecule has 0 radical (unpaired) electrons. The molecule has 0 aliphatic carbocycles. The Balaban J connectivity index is 2.55. The molecule has 0 saturated carbocycles. The molecule has 1 fully saturated rings. The van der Waals surface area contributed by atoms with Crippen LogP contribution in [0.2, 0.25) is 0 Å². The average molecular weight is 638 g/mol. The lowest BCUT2D eigenvalue weighted by Crippen LogP contribution is -2.60. The summed E-state index contributed by atoms with van der Waals surface area (Å²) in [5.74, 6) is -0.208. The molecule has 7 atom stereocenters. The Labute approximate surface area is 272 Å². The summed E-state index contributed by atoms with van der Waals surface area (Å²) in [5.41, 5.74) is 0. The normalized spacial score (nSPS) is 23.9. The molecule has 1 amide bonds. The van der Waals surface area contributed by atoms with E-state index < -0.39 is 49.5 Å². The van der Waals surface area contributed by atoms with Crippen LogP contribution in [0, 0.1) is 0 Å². The lowest BCUT2D eigenvalue weighted by molar-refractivity contribution is -0.302. The fourth-order valence-electron chi connectivity index (χ4n) is 5.01. The van der Waals surface area contributed by atoms with Gasteiger partial charge in [0.2, 0.25) is 5.91 Å². The van der Waals surface area contributed by atoms with Crippen molar-refractivity contribution in [3.8, 4) is 0 Å². The molecule has 9 nitrogen and oxygen atoms in total. The van der Waals surface area contributed by atoms with Gasteiger partial charge >= 0.3 is 0 Å². The molecule has 1 rings (SSSR count). The van der Waals surface area contributed by atoms with Gasteiger partial charge in [0, 0.05) is 6.42 Å². The quantitative estimate of drug-likeness (QED) is 0.0563. The smallest absolute Gasteiger partial charge is 0.220 e. The van der Waals surface area contributed by atoms with E-state index in [0.29, 0.717) is 6.42 Å². The fourth-order valence-corrected chi connectivity index (χ4v) is 5.01. The van der Waals surface area contributed by atoms with Gasteiger partial charge in [-0.25, -0.2) is 0 Å². The third-order valence-corrected chi connectivity index (χ3v) is 7.87. The number of unbranched alkanes of at least 4 members (excludes halogenated alkanes) is 10. The zero-order valence-electron chi connectivity index (χ0n) is 27.8. The molecule has 0 aromatic rings. The van der Waals surface area contributed by atoms with Crippen LogP contribution in [0.5, 0.6) is 0 Å². The molecule has 7 unspecified atom stereocenters. The standard InChI is InChI=1S/C36H63NO8/c1-3-5-7-9-11-13-15-16-18-20-22-24-26-32(40)37-29(28-44-36-35(43)34(42)33(41)31(27-38)45-36)30(39)25-23-21-19-17-14-12-10-8-6-4-2/h6,8,11,13-14,17,23,25,29-31,33-36,38-39,41-43H,3-5,7,9-10,12,15-16,18-22,24,26-28H2,1-2H3,(H,37,40)/b8-6+,13-11-,17-14+,25-23+. The van der Waals surface area contributed by atoms with Crippen LogP contribution < -0.4 is 5.32 Å². The zero-order valence-corrected chi connectivity index (χ0v) is 27.8. The van der Waals surface area contributed by atoms with Crippen molar-refractivity contribution >= 4 is 5.91 Å². The van der Waals surface area contributed by atoms with E-state index in [1.807, 2.05) is 6.08 Å². The topological polar surface area (TPSA) is 149 Å². The molecule has 0 spiro atoms. The molecule has 1 heterocycles. The fraction of sp³-hybridized carbons (Fsp3) is 0.750. The van der Waals surface area contributed by atoms with Gasteiger partial charge in [-0.15, -0.1) is 0 Å². The number of rotatable bonds is 26. The predicted octanol–water partition coefficient (Wildman–Crippen LogP) is 5.15. The van der Waals surface area contributed by atoms with E-state index in [9.17, 15) is 30.3 Å². The molecule has 45 heavy (non-hydrogen) atoms. The molecule has 260 valence electrons. The van der Waals surface area contributed by atoms with Gasteiger partial charge in [0.1, 0.15) is 24.4 Å². The van der Waals surface area contributed by atoms with Crippen molar-refractivity contribution in [2.75, 3.05) is 13.2 Å². The van der Waals surface area contributed by atoms with E-state index in [1.54, 1.807) is 6.08 Å². The number of nitrogens with one attached hydrogen (secondary N) is 1. The lowest BCUT2D eigenvalue weighted by atomic mass is 9.99. The van der Waals surface area contributed by atoms with Crippen molar-refractivity contribution in [3.05, 3.63) is 48.6 Å². The first-order valence-corrected chi connectivity index (χ1v) is 17.4. The molecule has 1 saturated heterocycles. The van der Waals surface area contributed by atoms with E-state index in [1.165, 1.54) is 19.3 Å². The second-order valence-electron chi connectivity index (χ2n) is 11.9. The van der Waals surface area contributed by atoms with Gasteiger partial charge in [0.15, 0.2) is 6.29 Å². The minimum Gasteiger partial charge on any atom is -0.394 e. The monoisotopic (exact) mass is 637 g/mol. The number of ether oxygens (including phenoxy) is 2. The Bertz CT molecular complexity index is 843. The number of aliphatic hydroxyl groups excluding tert-OH is 5. The first-order chi connectivity index (χ1) is 21.8. The SMILES string of the molecule is CC/C=C/CC/C=C/CC/C=C/C(O)C(COC1OC(CO)C(O)C(O)C1O)NC(=O)CCCCCCC/C=C\CCCCC. The van der Waals surface area contributed by atoms with Gasteiger partial charge in [-0.2, -0.15) is 0 Å². The summed E-state index contributed by atoms with van der Waals surface area (Å²) in [7, 11) is 0. The summed E-state index contributed by atoms with van der Waals surface area (Å²) >= 11 is 0. The number of carbonyl (C=O) groups is 1. The molecule has 0 bridgehead atoms. The summed E-state index contributed by atoms with van der Waals surface area (Å²) in [6, 6.07) is -0.828. The summed E-state index contributed by atoms with van der Waals surface area (Å²) in [6.07, 6.45) is 24.5. The molecular weight excluding hydrogens is 574 g/mol. The molecule has 1 aliphatic heterocycles. The molecular formula is C36H63NO8. The van der Waals surface area contributed by atoms with Crippen LogP contribution in [0.15, 0.2) is 48.6 Å². The molecule has 0 aromatic carbocycles. The Morgan fingerprint density at radius 2 is 1.33 bits per heavy atom. The van der Waals surface area contributed by atoms with Gasteiger partial charge in [-0.3, -0.25) is 4.79 Å². The maximum Gasteiger partial charge on any atom is 0.220 e. The highest BCUT2D eigenvalue weighted by Crippen LogP contribution is 2.22. The van der Waals surface area contributed by atoms with Crippen LogP contribution in [0.25, 0.3) is 0 Å². The summed E-state index contributed by atoms with van der Waals surface area (Å²) < 4.78 is 11.1. The first kappa shape index (κ1) is 41.2. The van der Waals surface area contributed by atoms with Gasteiger partial charge < -0.3 is 40.3 Å². The summed E-state index contributed by atoms with van der Waals surface area (Å²) in [4.78, 5) is 12.8. The Morgan fingerprint density at radius 3 is 1.98 bits per heavy atom. The van der Waals surface area contributed by atoms with Gasteiger partial charge in [0.05, 0.1) is 25.4 Å². The predicted molar refractivity (Wildman–Crippen MR) is 179 cm³/mol. The van der Waals surface area contributed by atoms with E-state index in [4.69, 9.17) is 9.47 Å². The number of carbonyl (C=O) groups excluding carboxylic acids is 1. The lowest BCUT2D eigenvalue weighted by Gasteiger charge is -2.40. The Morgan fingerprint density at radius 1 is 0.756 bits per heavy atom. The zero-order chi connectivity index (χ0) is 33.1.